The number of alkyl halides is 3. The summed E-state index contributed by atoms with van der Waals surface area (Å²) in [6, 6.07) is 15.3. The summed E-state index contributed by atoms with van der Waals surface area (Å²) >= 11 is 0. The van der Waals surface area contributed by atoms with Gasteiger partial charge in [0.2, 0.25) is 0 Å². The summed E-state index contributed by atoms with van der Waals surface area (Å²) in [6.45, 7) is 1.73. The van der Waals surface area contributed by atoms with Gasteiger partial charge < -0.3 is 5.32 Å². The summed E-state index contributed by atoms with van der Waals surface area (Å²) in [5, 5.41) is 6.80. The first kappa shape index (κ1) is 16.8. The second-order valence-corrected chi connectivity index (χ2v) is 5.42. The lowest BCUT2D eigenvalue weighted by atomic mass is 10.1. The van der Waals surface area contributed by atoms with E-state index in [0.29, 0.717) is 17.2 Å². The van der Waals surface area contributed by atoms with Crippen molar-refractivity contribution < 1.29 is 18.0 Å². The maximum atomic E-state index is 13.1. The molecule has 0 unspecified atom stereocenters. The zero-order chi connectivity index (χ0) is 18.0. The number of nitrogens with one attached hydrogen (secondary N) is 1. The largest absolute Gasteiger partial charge is 0.417 e. The third-order valence-corrected chi connectivity index (χ3v) is 3.55. The molecule has 0 aliphatic heterocycles. The molecule has 3 aromatic rings. The van der Waals surface area contributed by atoms with Gasteiger partial charge in [-0.2, -0.15) is 18.3 Å². The molecule has 1 amide bonds. The number of carbonyl (C=O) groups excluding carboxylic acids is 1. The van der Waals surface area contributed by atoms with Crippen molar-refractivity contribution in [2.24, 2.45) is 0 Å². The molecule has 0 saturated heterocycles. The fourth-order valence-corrected chi connectivity index (χ4v) is 2.47. The first-order valence-electron chi connectivity index (χ1n) is 7.46. The molecule has 2 aromatic carbocycles. The van der Waals surface area contributed by atoms with E-state index >= 15 is 0 Å². The van der Waals surface area contributed by atoms with E-state index in [0.717, 1.165) is 12.1 Å². The molecule has 0 spiro atoms. The van der Waals surface area contributed by atoms with Gasteiger partial charge in [-0.25, -0.2) is 4.68 Å². The second kappa shape index (κ2) is 6.43. The summed E-state index contributed by atoms with van der Waals surface area (Å²) in [7, 11) is 0. The normalized spacial score (nSPS) is 11.4. The van der Waals surface area contributed by atoms with E-state index in [1.807, 2.05) is 6.07 Å². The number of benzene rings is 2. The summed E-state index contributed by atoms with van der Waals surface area (Å²) in [4.78, 5) is 12.4. The number of hydrogen-bond acceptors (Lipinski definition) is 2. The van der Waals surface area contributed by atoms with Crippen molar-refractivity contribution >= 4 is 11.7 Å². The number of amides is 1. The zero-order valence-corrected chi connectivity index (χ0v) is 13.2. The van der Waals surface area contributed by atoms with E-state index in [-0.39, 0.29) is 0 Å². The van der Waals surface area contributed by atoms with Crippen molar-refractivity contribution in [3.05, 3.63) is 77.5 Å². The molecule has 0 bridgehead atoms. The van der Waals surface area contributed by atoms with Crippen LogP contribution in [0.2, 0.25) is 0 Å². The van der Waals surface area contributed by atoms with E-state index in [9.17, 15) is 18.0 Å². The Hall–Kier alpha value is -3.09. The van der Waals surface area contributed by atoms with Gasteiger partial charge in [-0.1, -0.05) is 30.3 Å². The van der Waals surface area contributed by atoms with Gasteiger partial charge in [-0.3, -0.25) is 4.79 Å². The van der Waals surface area contributed by atoms with Gasteiger partial charge in [0, 0.05) is 6.07 Å². The van der Waals surface area contributed by atoms with Crippen molar-refractivity contribution in [2.45, 2.75) is 13.1 Å². The van der Waals surface area contributed by atoms with Crippen LogP contribution in [0.25, 0.3) is 5.69 Å². The van der Waals surface area contributed by atoms with Crippen LogP contribution >= 0.6 is 0 Å². The van der Waals surface area contributed by atoms with Gasteiger partial charge >= 0.3 is 6.18 Å². The van der Waals surface area contributed by atoms with Crippen LogP contribution < -0.4 is 5.32 Å². The minimum atomic E-state index is -4.61. The Bertz CT molecular complexity index is 901. The first-order chi connectivity index (χ1) is 11.9. The third kappa shape index (κ3) is 3.55. The average molecular weight is 345 g/mol. The fraction of sp³-hybridized carbons (Fsp3) is 0.111. The molecule has 1 N–H and O–H groups in total. The Labute approximate surface area is 141 Å². The number of para-hydroxylation sites is 1. The number of aromatic nitrogens is 2. The van der Waals surface area contributed by atoms with Crippen molar-refractivity contribution in [1.82, 2.24) is 9.78 Å². The molecular formula is C18H14F3N3O. The van der Waals surface area contributed by atoms with Crippen LogP contribution in [0.4, 0.5) is 19.0 Å². The summed E-state index contributed by atoms with van der Waals surface area (Å²) in [5.74, 6) is -0.546. The van der Waals surface area contributed by atoms with Crippen LogP contribution in [-0.2, 0) is 6.18 Å². The Morgan fingerprint density at radius 1 is 1.04 bits per heavy atom. The molecule has 0 fully saturated rings. The summed E-state index contributed by atoms with van der Waals surface area (Å²) < 4.78 is 40.8. The van der Waals surface area contributed by atoms with Gasteiger partial charge in [-0.15, -0.1) is 0 Å². The first-order valence-corrected chi connectivity index (χ1v) is 7.46. The second-order valence-electron chi connectivity index (χ2n) is 5.42. The number of aryl methyl sites for hydroxylation is 1. The van der Waals surface area contributed by atoms with Gasteiger partial charge in [0.05, 0.1) is 22.5 Å². The molecule has 0 saturated carbocycles. The Morgan fingerprint density at radius 3 is 2.36 bits per heavy atom. The van der Waals surface area contributed by atoms with Gasteiger partial charge in [-0.05, 0) is 31.2 Å². The topological polar surface area (TPSA) is 46.9 Å². The molecule has 4 nitrogen and oxygen atoms in total. The Morgan fingerprint density at radius 2 is 1.68 bits per heavy atom. The molecule has 1 heterocycles. The Balaban J connectivity index is 1.96. The van der Waals surface area contributed by atoms with Gasteiger partial charge in [0.1, 0.15) is 5.82 Å². The molecule has 0 aliphatic carbocycles. The van der Waals surface area contributed by atoms with Crippen molar-refractivity contribution in [3.8, 4) is 5.69 Å². The van der Waals surface area contributed by atoms with E-state index in [1.54, 1.807) is 37.3 Å². The van der Waals surface area contributed by atoms with Crippen LogP contribution in [0, 0.1) is 6.92 Å². The predicted molar refractivity (Wildman–Crippen MR) is 87.7 cm³/mol. The minimum Gasteiger partial charge on any atom is -0.306 e. The molecule has 0 atom stereocenters. The van der Waals surface area contributed by atoms with E-state index < -0.39 is 23.2 Å². The van der Waals surface area contributed by atoms with Crippen LogP contribution in [0.15, 0.2) is 60.7 Å². The fourth-order valence-electron chi connectivity index (χ4n) is 2.47. The monoisotopic (exact) mass is 345 g/mol. The number of carbonyl (C=O) groups is 1. The molecule has 0 aliphatic rings. The standard InChI is InChI=1S/C18H14F3N3O/c1-12-11-16(24(23-12)13-7-3-2-4-8-13)22-17(25)14-9-5-6-10-15(14)18(19,20)21/h2-11H,1H3,(H,22,25). The van der Waals surface area contributed by atoms with Crippen LogP contribution in [0.5, 0.6) is 0 Å². The number of hydrogen-bond donors (Lipinski definition) is 1. The lowest BCUT2D eigenvalue weighted by Gasteiger charge is -2.13. The van der Waals surface area contributed by atoms with Crippen molar-refractivity contribution in [1.29, 1.82) is 0 Å². The van der Waals surface area contributed by atoms with Gasteiger partial charge in [0.25, 0.3) is 5.91 Å². The van der Waals surface area contributed by atoms with Crippen LogP contribution in [0.1, 0.15) is 21.6 Å². The highest BCUT2D eigenvalue weighted by molar-refractivity contribution is 6.05. The van der Waals surface area contributed by atoms with E-state index in [2.05, 4.69) is 10.4 Å². The molecule has 1 aromatic heterocycles. The van der Waals surface area contributed by atoms with Crippen molar-refractivity contribution in [3.63, 3.8) is 0 Å². The summed E-state index contributed by atoms with van der Waals surface area (Å²) in [5.41, 5.74) is -0.0956. The van der Waals surface area contributed by atoms with Crippen LogP contribution in [0.3, 0.4) is 0 Å². The predicted octanol–water partition coefficient (Wildman–Crippen LogP) is 4.45. The number of nitrogens with zero attached hydrogens (tertiary/aromatic N) is 2. The average Bonchev–Trinajstić information content (AvgIpc) is 2.95. The van der Waals surface area contributed by atoms with E-state index in [1.165, 1.54) is 16.8 Å². The number of halogens is 3. The lowest BCUT2D eigenvalue weighted by molar-refractivity contribution is -0.137. The molecule has 7 heteroatoms. The zero-order valence-electron chi connectivity index (χ0n) is 13.2. The highest BCUT2D eigenvalue weighted by atomic mass is 19.4. The van der Waals surface area contributed by atoms with E-state index in [4.69, 9.17) is 0 Å². The number of rotatable bonds is 3. The lowest BCUT2D eigenvalue weighted by Crippen LogP contribution is -2.20. The van der Waals surface area contributed by atoms with Crippen LogP contribution in [-0.4, -0.2) is 15.7 Å². The third-order valence-electron chi connectivity index (χ3n) is 3.55. The maximum absolute atomic E-state index is 13.1. The SMILES string of the molecule is Cc1cc(NC(=O)c2ccccc2C(F)(F)F)n(-c2ccccc2)n1. The quantitative estimate of drug-likeness (QED) is 0.762. The minimum absolute atomic E-state index is 0.297. The molecule has 128 valence electrons. The highest BCUT2D eigenvalue weighted by Crippen LogP contribution is 2.32. The maximum Gasteiger partial charge on any atom is 0.417 e. The molecule has 0 radical (unpaired) electrons. The number of anilines is 1. The molecule has 25 heavy (non-hydrogen) atoms. The van der Waals surface area contributed by atoms with Gasteiger partial charge in [0.15, 0.2) is 0 Å². The summed E-state index contributed by atoms with van der Waals surface area (Å²) in [6.07, 6.45) is -4.61. The highest BCUT2D eigenvalue weighted by Gasteiger charge is 2.35. The molecular weight excluding hydrogens is 331 g/mol. The Kier molecular flexibility index (Phi) is 4.31. The van der Waals surface area contributed by atoms with Crippen molar-refractivity contribution in [2.75, 3.05) is 5.32 Å². The molecule has 3 rings (SSSR count). The smallest absolute Gasteiger partial charge is 0.306 e.